The highest BCUT2D eigenvalue weighted by molar-refractivity contribution is 5.89. The number of carbonyl (C=O) groups is 2. The van der Waals surface area contributed by atoms with E-state index in [0.29, 0.717) is 17.9 Å². The highest BCUT2D eigenvalue weighted by Crippen LogP contribution is 2.18. The summed E-state index contributed by atoms with van der Waals surface area (Å²) in [6.07, 6.45) is 2.40. The maximum Gasteiger partial charge on any atom is 0.217 e. The molecule has 0 aliphatic rings. The first-order valence-corrected chi connectivity index (χ1v) is 9.68. The molecule has 1 unspecified atom stereocenters. The van der Waals surface area contributed by atoms with Crippen LogP contribution in [-0.4, -0.2) is 16.7 Å². The van der Waals surface area contributed by atoms with Crippen molar-refractivity contribution in [3.05, 3.63) is 95.6 Å². The summed E-state index contributed by atoms with van der Waals surface area (Å²) in [6, 6.07) is 18.2. The zero-order valence-electron chi connectivity index (χ0n) is 16.7. The van der Waals surface area contributed by atoms with E-state index in [2.05, 4.69) is 10.3 Å². The maximum atomic E-state index is 13.2. The number of aromatic nitrogens is 1. The van der Waals surface area contributed by atoms with Crippen LogP contribution in [0, 0.1) is 5.82 Å². The van der Waals surface area contributed by atoms with Gasteiger partial charge < -0.3 is 10.1 Å². The van der Waals surface area contributed by atoms with Gasteiger partial charge in [0, 0.05) is 19.5 Å². The lowest BCUT2D eigenvalue weighted by atomic mass is 10.0. The van der Waals surface area contributed by atoms with E-state index in [1.807, 2.05) is 24.3 Å². The fourth-order valence-corrected chi connectivity index (χ4v) is 3.03. The van der Waals surface area contributed by atoms with Gasteiger partial charge in [0.25, 0.3) is 0 Å². The summed E-state index contributed by atoms with van der Waals surface area (Å²) in [5.41, 5.74) is 2.26. The third-order valence-corrected chi connectivity index (χ3v) is 4.53. The first kappa shape index (κ1) is 21.2. The topological polar surface area (TPSA) is 68.3 Å². The number of rotatable bonds is 9. The number of nitrogens with zero attached hydrogens (tertiary/aromatic N) is 1. The lowest BCUT2D eigenvalue weighted by molar-refractivity contribution is -0.127. The Bertz CT molecular complexity index is 991. The molecule has 6 heteroatoms. The van der Waals surface area contributed by atoms with Gasteiger partial charge in [0.1, 0.15) is 24.2 Å². The first-order valence-electron chi connectivity index (χ1n) is 9.68. The Balaban J connectivity index is 1.55. The number of nitrogens with one attached hydrogen (secondary N) is 1. The summed E-state index contributed by atoms with van der Waals surface area (Å²) in [4.78, 5) is 28.4. The highest BCUT2D eigenvalue weighted by atomic mass is 19.1. The van der Waals surface area contributed by atoms with Gasteiger partial charge in [-0.05, 0) is 53.9 Å². The molecule has 1 atom stereocenters. The molecule has 0 bridgehead atoms. The fourth-order valence-electron chi connectivity index (χ4n) is 3.03. The minimum Gasteiger partial charge on any atom is -0.489 e. The van der Waals surface area contributed by atoms with E-state index >= 15 is 0 Å². The molecule has 3 rings (SSSR count). The number of hydrogen-bond acceptors (Lipinski definition) is 4. The maximum absolute atomic E-state index is 13.2. The normalized spacial score (nSPS) is 11.5. The predicted octanol–water partition coefficient (Wildman–Crippen LogP) is 4.18. The Morgan fingerprint density at radius 2 is 1.83 bits per heavy atom. The molecule has 0 saturated carbocycles. The number of halogens is 1. The second kappa shape index (κ2) is 10.3. The van der Waals surface area contributed by atoms with Gasteiger partial charge in [-0.2, -0.15) is 0 Å². The second-order valence-corrected chi connectivity index (χ2v) is 6.92. The van der Waals surface area contributed by atoms with Crippen LogP contribution in [-0.2, 0) is 22.6 Å². The van der Waals surface area contributed by atoms with Crippen molar-refractivity contribution in [1.82, 2.24) is 10.3 Å². The van der Waals surface area contributed by atoms with E-state index in [-0.39, 0.29) is 30.5 Å². The Hall–Kier alpha value is -3.54. The molecule has 0 aliphatic carbocycles. The van der Waals surface area contributed by atoms with Crippen LogP contribution in [0.25, 0.3) is 0 Å². The molecule has 1 aromatic heterocycles. The molecule has 1 heterocycles. The van der Waals surface area contributed by atoms with Crippen LogP contribution in [0.4, 0.5) is 4.39 Å². The molecule has 0 aliphatic heterocycles. The quantitative estimate of drug-likeness (QED) is 0.579. The molecule has 5 nitrogen and oxygen atoms in total. The molecule has 0 fully saturated rings. The molecule has 2 aromatic carbocycles. The van der Waals surface area contributed by atoms with Gasteiger partial charge in [-0.15, -0.1) is 0 Å². The van der Waals surface area contributed by atoms with E-state index in [0.717, 1.165) is 11.1 Å². The van der Waals surface area contributed by atoms with Gasteiger partial charge in [0.05, 0.1) is 5.69 Å². The van der Waals surface area contributed by atoms with E-state index < -0.39 is 6.04 Å². The smallest absolute Gasteiger partial charge is 0.217 e. The van der Waals surface area contributed by atoms with Gasteiger partial charge in [-0.25, -0.2) is 4.39 Å². The van der Waals surface area contributed by atoms with Crippen molar-refractivity contribution in [2.45, 2.75) is 32.4 Å². The molecule has 30 heavy (non-hydrogen) atoms. The van der Waals surface area contributed by atoms with Gasteiger partial charge >= 0.3 is 0 Å². The Morgan fingerprint density at radius 3 is 2.50 bits per heavy atom. The average Bonchev–Trinajstić information content (AvgIpc) is 2.75. The summed E-state index contributed by atoms with van der Waals surface area (Å²) in [7, 11) is 0. The van der Waals surface area contributed by atoms with Gasteiger partial charge in [0.2, 0.25) is 5.91 Å². The van der Waals surface area contributed by atoms with Crippen molar-refractivity contribution in [3.63, 3.8) is 0 Å². The Morgan fingerprint density at radius 1 is 1.03 bits per heavy atom. The molecular weight excluding hydrogens is 383 g/mol. The summed E-state index contributed by atoms with van der Waals surface area (Å²) in [5.74, 6) is -0.00698. The van der Waals surface area contributed by atoms with Crippen LogP contribution in [0.15, 0.2) is 72.9 Å². The molecule has 0 radical (unpaired) electrons. The third kappa shape index (κ3) is 6.24. The zero-order chi connectivity index (χ0) is 21.3. The van der Waals surface area contributed by atoms with Gasteiger partial charge in [-0.3, -0.25) is 14.6 Å². The lowest BCUT2D eigenvalue weighted by Crippen LogP contribution is -2.33. The Labute approximate surface area is 174 Å². The number of amides is 1. The van der Waals surface area contributed by atoms with Crippen LogP contribution in [0.3, 0.4) is 0 Å². The van der Waals surface area contributed by atoms with Crippen molar-refractivity contribution in [3.8, 4) is 5.75 Å². The van der Waals surface area contributed by atoms with Crippen molar-refractivity contribution >= 4 is 11.7 Å². The van der Waals surface area contributed by atoms with Crippen molar-refractivity contribution in [2.75, 3.05) is 0 Å². The van der Waals surface area contributed by atoms with E-state index in [1.54, 1.807) is 36.5 Å². The largest absolute Gasteiger partial charge is 0.489 e. The standard InChI is InChI=1S/C24H23FN2O3/c1-17(28)27-24(22-7-2-3-14-26-22)23(29)13-10-18-8-11-21(12-9-18)30-16-19-5-4-6-20(25)15-19/h2-9,11-12,14-15,24H,10,13,16H2,1H3,(H,27,28). The monoisotopic (exact) mass is 406 g/mol. The predicted molar refractivity (Wildman–Crippen MR) is 111 cm³/mol. The molecule has 0 spiro atoms. The molecule has 3 aromatic rings. The number of pyridine rings is 1. The van der Waals surface area contributed by atoms with Crippen LogP contribution in [0.2, 0.25) is 0 Å². The summed E-state index contributed by atoms with van der Waals surface area (Å²) < 4.78 is 18.9. The average molecular weight is 406 g/mol. The SMILES string of the molecule is CC(=O)NC(C(=O)CCc1ccc(OCc2cccc(F)c2)cc1)c1ccccn1. The second-order valence-electron chi connectivity index (χ2n) is 6.92. The van der Waals surface area contributed by atoms with Crippen LogP contribution >= 0.6 is 0 Å². The number of aryl methyl sites for hydroxylation is 1. The molecule has 1 N–H and O–H groups in total. The zero-order valence-corrected chi connectivity index (χ0v) is 16.7. The number of ether oxygens (including phenoxy) is 1. The Kier molecular flexibility index (Phi) is 7.27. The van der Waals surface area contributed by atoms with E-state index in [4.69, 9.17) is 4.74 Å². The number of benzene rings is 2. The number of ketones is 1. The van der Waals surface area contributed by atoms with Gasteiger partial charge in [-0.1, -0.05) is 30.3 Å². The fraction of sp³-hybridized carbons (Fsp3) is 0.208. The third-order valence-electron chi connectivity index (χ3n) is 4.53. The van der Waals surface area contributed by atoms with Crippen LogP contribution < -0.4 is 10.1 Å². The summed E-state index contributed by atoms with van der Waals surface area (Å²) in [6.45, 7) is 1.66. The summed E-state index contributed by atoms with van der Waals surface area (Å²) in [5, 5.41) is 2.68. The van der Waals surface area contributed by atoms with Crippen LogP contribution in [0.1, 0.15) is 36.2 Å². The molecule has 1 amide bonds. The first-order chi connectivity index (χ1) is 14.5. The minimum absolute atomic E-state index is 0.102. The molecule has 154 valence electrons. The van der Waals surface area contributed by atoms with E-state index in [9.17, 15) is 14.0 Å². The number of Topliss-reactive ketones (excluding diaryl/α,β-unsaturated/α-hetero) is 1. The summed E-state index contributed by atoms with van der Waals surface area (Å²) >= 11 is 0. The van der Waals surface area contributed by atoms with Crippen LogP contribution in [0.5, 0.6) is 5.75 Å². The minimum atomic E-state index is -0.752. The molecular formula is C24H23FN2O3. The highest BCUT2D eigenvalue weighted by Gasteiger charge is 2.22. The number of hydrogen-bond donors (Lipinski definition) is 1. The van der Waals surface area contributed by atoms with E-state index in [1.165, 1.54) is 19.1 Å². The number of carbonyl (C=O) groups excluding carboxylic acids is 2. The lowest BCUT2D eigenvalue weighted by Gasteiger charge is -2.16. The van der Waals surface area contributed by atoms with Crippen molar-refractivity contribution in [1.29, 1.82) is 0 Å². The van der Waals surface area contributed by atoms with Gasteiger partial charge in [0.15, 0.2) is 5.78 Å². The van der Waals surface area contributed by atoms with Crippen molar-refractivity contribution in [2.24, 2.45) is 0 Å². The van der Waals surface area contributed by atoms with Crippen molar-refractivity contribution < 1.29 is 18.7 Å². The molecule has 0 saturated heterocycles.